The number of alkyl halides is 6. The molecule has 0 aliphatic heterocycles. The molecule has 0 saturated carbocycles. The summed E-state index contributed by atoms with van der Waals surface area (Å²) in [7, 11) is 0. The largest absolute Gasteiger partial charge is 0.403 e. The van der Waals surface area contributed by atoms with Crippen LogP contribution in [-0.2, 0) is 0 Å². The first-order valence-electron chi connectivity index (χ1n) is 4.91. The Hall–Kier alpha value is -1.24. The van der Waals surface area contributed by atoms with Crippen LogP contribution in [-0.4, -0.2) is 17.5 Å². The maximum Gasteiger partial charge on any atom is 0.403 e. The van der Waals surface area contributed by atoms with Crippen molar-refractivity contribution >= 4 is 0 Å². The van der Waals surface area contributed by atoms with Crippen LogP contribution in [0.3, 0.4) is 0 Å². The molecule has 0 saturated heterocycles. The molecule has 102 valence electrons. The topological polar surface area (TPSA) is 20.2 Å². The molecule has 0 radical (unpaired) electrons. The Morgan fingerprint density at radius 3 is 1.61 bits per heavy atom. The highest BCUT2D eigenvalue weighted by molar-refractivity contribution is 5.24. The molecule has 7 heteroatoms. The van der Waals surface area contributed by atoms with Crippen LogP contribution in [0.25, 0.3) is 0 Å². The SMILES string of the molecule is Cc1ccc(C(O)C(C(F)(F)F)C(F)(F)F)cc1. The van der Waals surface area contributed by atoms with Crippen molar-refractivity contribution < 1.29 is 31.4 Å². The van der Waals surface area contributed by atoms with Gasteiger partial charge in [-0.05, 0) is 12.5 Å². The van der Waals surface area contributed by atoms with Gasteiger partial charge in [0.15, 0.2) is 5.92 Å². The number of hydrogen-bond acceptors (Lipinski definition) is 1. The predicted octanol–water partition coefficient (Wildman–Crippen LogP) is 3.77. The fourth-order valence-corrected chi connectivity index (χ4v) is 1.50. The number of aliphatic hydroxyl groups is 1. The normalized spacial score (nSPS) is 14.9. The van der Waals surface area contributed by atoms with Crippen LogP contribution >= 0.6 is 0 Å². The lowest BCUT2D eigenvalue weighted by molar-refractivity contribution is -0.307. The summed E-state index contributed by atoms with van der Waals surface area (Å²) in [6.45, 7) is 1.63. The van der Waals surface area contributed by atoms with Crippen LogP contribution in [0, 0.1) is 12.8 Å². The molecule has 0 spiro atoms. The zero-order valence-electron chi connectivity index (χ0n) is 9.18. The van der Waals surface area contributed by atoms with Crippen LogP contribution in [0.4, 0.5) is 26.3 Å². The third kappa shape index (κ3) is 3.38. The molecular formula is C11H10F6O. The molecule has 1 aromatic rings. The molecule has 1 aromatic carbocycles. The van der Waals surface area contributed by atoms with E-state index in [1.54, 1.807) is 6.92 Å². The van der Waals surface area contributed by atoms with Crippen LogP contribution in [0.5, 0.6) is 0 Å². The van der Waals surface area contributed by atoms with E-state index in [0.717, 1.165) is 12.1 Å². The maximum atomic E-state index is 12.4. The van der Waals surface area contributed by atoms with E-state index < -0.39 is 29.9 Å². The van der Waals surface area contributed by atoms with Crippen LogP contribution in [0.1, 0.15) is 17.2 Å². The van der Waals surface area contributed by atoms with E-state index in [4.69, 9.17) is 0 Å². The number of benzene rings is 1. The second kappa shape index (κ2) is 4.79. The third-order valence-electron chi connectivity index (χ3n) is 2.44. The summed E-state index contributed by atoms with van der Waals surface area (Å²) in [6.07, 6.45) is -13.8. The van der Waals surface area contributed by atoms with E-state index in [-0.39, 0.29) is 0 Å². The first kappa shape index (κ1) is 14.8. The highest BCUT2D eigenvalue weighted by Gasteiger charge is 2.60. The van der Waals surface area contributed by atoms with E-state index >= 15 is 0 Å². The zero-order chi connectivity index (χ0) is 14.1. The fourth-order valence-electron chi connectivity index (χ4n) is 1.50. The number of hydrogen-bond donors (Lipinski definition) is 1. The molecule has 1 N–H and O–H groups in total. The first-order valence-corrected chi connectivity index (χ1v) is 4.91. The summed E-state index contributed by atoms with van der Waals surface area (Å²) in [6, 6.07) is 4.76. The molecule has 0 bridgehead atoms. The summed E-state index contributed by atoms with van der Waals surface area (Å²) in [5.41, 5.74) is 0.252. The molecule has 1 unspecified atom stereocenters. The highest BCUT2D eigenvalue weighted by Crippen LogP contribution is 2.46. The smallest absolute Gasteiger partial charge is 0.387 e. The van der Waals surface area contributed by atoms with Gasteiger partial charge in [-0.2, -0.15) is 26.3 Å². The van der Waals surface area contributed by atoms with Gasteiger partial charge in [0.2, 0.25) is 0 Å². The minimum Gasteiger partial charge on any atom is -0.387 e. The van der Waals surface area contributed by atoms with Gasteiger partial charge in [0.1, 0.15) is 0 Å². The molecule has 0 heterocycles. The summed E-state index contributed by atoms with van der Waals surface area (Å²) in [4.78, 5) is 0. The molecule has 1 rings (SSSR count). The molecule has 1 atom stereocenters. The average molecular weight is 272 g/mol. The predicted molar refractivity (Wildman–Crippen MR) is 51.7 cm³/mol. The molecule has 1 nitrogen and oxygen atoms in total. The average Bonchev–Trinajstić information content (AvgIpc) is 2.13. The Labute approximate surface area is 99.0 Å². The highest BCUT2D eigenvalue weighted by atomic mass is 19.4. The monoisotopic (exact) mass is 272 g/mol. The standard InChI is InChI=1S/C11H10F6O/c1-6-2-4-7(5-3-6)8(18)9(10(12,13)14)11(15,16)17/h2-5,8-9,18H,1H3. The van der Waals surface area contributed by atoms with Gasteiger partial charge in [-0.25, -0.2) is 0 Å². The second-order valence-corrected chi connectivity index (χ2v) is 3.92. The van der Waals surface area contributed by atoms with Crippen LogP contribution < -0.4 is 0 Å². The van der Waals surface area contributed by atoms with Crippen molar-refractivity contribution in [3.8, 4) is 0 Å². The zero-order valence-corrected chi connectivity index (χ0v) is 9.18. The molecule has 0 fully saturated rings. The minimum absolute atomic E-state index is 0.416. The summed E-state index contributed by atoms with van der Waals surface area (Å²) in [5.74, 6) is -3.78. The van der Waals surface area contributed by atoms with Crippen molar-refractivity contribution in [2.45, 2.75) is 25.4 Å². The number of aryl methyl sites for hydroxylation is 1. The van der Waals surface area contributed by atoms with Crippen LogP contribution in [0.2, 0.25) is 0 Å². The summed E-state index contributed by atoms with van der Waals surface area (Å²) < 4.78 is 74.1. The van der Waals surface area contributed by atoms with Gasteiger partial charge >= 0.3 is 12.4 Å². The van der Waals surface area contributed by atoms with Crippen molar-refractivity contribution in [1.29, 1.82) is 0 Å². The van der Waals surface area contributed by atoms with E-state index in [1.807, 2.05) is 0 Å². The van der Waals surface area contributed by atoms with Crippen molar-refractivity contribution in [3.63, 3.8) is 0 Å². The third-order valence-corrected chi connectivity index (χ3v) is 2.44. The molecular weight excluding hydrogens is 262 g/mol. The lowest BCUT2D eigenvalue weighted by atomic mass is 9.94. The van der Waals surface area contributed by atoms with Gasteiger partial charge in [-0.3, -0.25) is 0 Å². The van der Waals surface area contributed by atoms with Gasteiger partial charge in [-0.15, -0.1) is 0 Å². The van der Waals surface area contributed by atoms with Gasteiger partial charge < -0.3 is 5.11 Å². The molecule has 0 aliphatic carbocycles. The first-order chi connectivity index (χ1) is 8.03. The van der Waals surface area contributed by atoms with Crippen LogP contribution in [0.15, 0.2) is 24.3 Å². The maximum absolute atomic E-state index is 12.4. The number of aliphatic hydroxyl groups excluding tert-OH is 1. The van der Waals surface area contributed by atoms with Gasteiger partial charge in [-0.1, -0.05) is 29.8 Å². The minimum atomic E-state index is -5.55. The van der Waals surface area contributed by atoms with Crippen molar-refractivity contribution in [2.75, 3.05) is 0 Å². The van der Waals surface area contributed by atoms with E-state index in [2.05, 4.69) is 0 Å². The Balaban J connectivity index is 3.11. The summed E-state index contributed by atoms with van der Waals surface area (Å²) in [5, 5.41) is 9.30. The van der Waals surface area contributed by atoms with E-state index in [9.17, 15) is 31.4 Å². The molecule has 18 heavy (non-hydrogen) atoms. The fraction of sp³-hybridized carbons (Fsp3) is 0.455. The van der Waals surface area contributed by atoms with E-state index in [1.165, 1.54) is 12.1 Å². The molecule has 0 aliphatic rings. The summed E-state index contributed by atoms with van der Waals surface area (Å²) >= 11 is 0. The van der Waals surface area contributed by atoms with Gasteiger partial charge in [0.05, 0.1) is 6.10 Å². The quantitative estimate of drug-likeness (QED) is 0.812. The Bertz CT molecular complexity index is 377. The van der Waals surface area contributed by atoms with Crippen molar-refractivity contribution in [3.05, 3.63) is 35.4 Å². The lowest BCUT2D eigenvalue weighted by Gasteiger charge is -2.27. The number of rotatable bonds is 2. The number of halogens is 6. The Kier molecular flexibility index (Phi) is 3.95. The molecule has 0 aromatic heterocycles. The van der Waals surface area contributed by atoms with Gasteiger partial charge in [0.25, 0.3) is 0 Å². The lowest BCUT2D eigenvalue weighted by Crippen LogP contribution is -2.40. The van der Waals surface area contributed by atoms with Crippen molar-refractivity contribution in [1.82, 2.24) is 0 Å². The second-order valence-electron chi connectivity index (χ2n) is 3.92. The van der Waals surface area contributed by atoms with Crippen molar-refractivity contribution in [2.24, 2.45) is 5.92 Å². The van der Waals surface area contributed by atoms with E-state index in [0.29, 0.717) is 5.56 Å². The Morgan fingerprint density at radius 2 is 1.28 bits per heavy atom. The van der Waals surface area contributed by atoms with Gasteiger partial charge in [0, 0.05) is 0 Å². The Morgan fingerprint density at radius 1 is 0.889 bits per heavy atom. The molecule has 0 amide bonds.